The maximum absolute atomic E-state index is 13.7. The third-order valence-electron chi connectivity index (χ3n) is 2.74. The Bertz CT molecular complexity index is 516. The standard InChI is InChI=1S/C12H14FN3O2/c1-8(17)15-11(18)16(14-12(15,2)3)10-7-5-4-6-9(10)13/h4-7,14H,1-3H3. The molecule has 96 valence electrons. The summed E-state index contributed by atoms with van der Waals surface area (Å²) in [6, 6.07) is 5.30. The second-order valence-corrected chi connectivity index (χ2v) is 4.59. The van der Waals surface area contributed by atoms with Gasteiger partial charge in [-0.15, -0.1) is 0 Å². The molecule has 0 radical (unpaired) electrons. The van der Waals surface area contributed by atoms with Gasteiger partial charge in [-0.2, -0.15) is 0 Å². The lowest BCUT2D eigenvalue weighted by Crippen LogP contribution is -2.49. The molecule has 1 saturated heterocycles. The Labute approximate surface area is 104 Å². The summed E-state index contributed by atoms with van der Waals surface area (Å²) < 4.78 is 13.7. The van der Waals surface area contributed by atoms with Crippen molar-refractivity contribution in [1.82, 2.24) is 10.3 Å². The minimum atomic E-state index is -0.884. The smallest absolute Gasteiger partial charge is 0.275 e. The number of halogens is 1. The van der Waals surface area contributed by atoms with E-state index >= 15 is 0 Å². The predicted octanol–water partition coefficient (Wildman–Crippen LogP) is 1.85. The predicted molar refractivity (Wildman–Crippen MR) is 64.0 cm³/mol. The Balaban J connectivity index is 2.42. The number of anilines is 1. The molecule has 0 aromatic heterocycles. The molecular formula is C12H14FN3O2. The van der Waals surface area contributed by atoms with Crippen molar-refractivity contribution in [3.63, 3.8) is 0 Å². The number of para-hydroxylation sites is 1. The number of hydrogen-bond donors (Lipinski definition) is 1. The number of benzene rings is 1. The molecule has 5 nitrogen and oxygen atoms in total. The van der Waals surface area contributed by atoms with E-state index in [2.05, 4.69) is 5.43 Å². The molecule has 3 amide bonds. The molecule has 6 heteroatoms. The lowest BCUT2D eigenvalue weighted by molar-refractivity contribution is -0.129. The van der Waals surface area contributed by atoms with Gasteiger partial charge in [0.2, 0.25) is 5.91 Å². The lowest BCUT2D eigenvalue weighted by Gasteiger charge is -2.25. The first-order valence-electron chi connectivity index (χ1n) is 5.52. The van der Waals surface area contributed by atoms with Gasteiger partial charge < -0.3 is 0 Å². The zero-order valence-electron chi connectivity index (χ0n) is 10.4. The van der Waals surface area contributed by atoms with Crippen LogP contribution in [-0.4, -0.2) is 22.5 Å². The first kappa shape index (κ1) is 12.5. The van der Waals surface area contributed by atoms with Crippen LogP contribution in [0.25, 0.3) is 0 Å². The highest BCUT2D eigenvalue weighted by Gasteiger charge is 2.46. The Morgan fingerprint density at radius 3 is 2.44 bits per heavy atom. The Kier molecular flexibility index (Phi) is 2.82. The maximum Gasteiger partial charge on any atom is 0.347 e. The SMILES string of the molecule is CC(=O)N1C(=O)N(c2ccccc2F)NC1(C)C. The van der Waals surface area contributed by atoms with Crippen molar-refractivity contribution in [3.8, 4) is 0 Å². The molecule has 1 fully saturated rings. The molecular weight excluding hydrogens is 237 g/mol. The van der Waals surface area contributed by atoms with Crippen molar-refractivity contribution in [2.24, 2.45) is 0 Å². The normalized spacial score (nSPS) is 18.3. The van der Waals surface area contributed by atoms with E-state index in [1.54, 1.807) is 19.9 Å². The molecule has 0 aliphatic carbocycles. The van der Waals surface area contributed by atoms with E-state index in [1.807, 2.05) is 0 Å². The van der Waals surface area contributed by atoms with Crippen LogP contribution in [0.4, 0.5) is 14.9 Å². The van der Waals surface area contributed by atoms with Crippen LogP contribution in [0.2, 0.25) is 0 Å². The average Bonchev–Trinajstić information content (AvgIpc) is 2.49. The zero-order valence-corrected chi connectivity index (χ0v) is 10.4. The van der Waals surface area contributed by atoms with Crippen molar-refractivity contribution in [3.05, 3.63) is 30.1 Å². The van der Waals surface area contributed by atoms with Gasteiger partial charge in [-0.05, 0) is 26.0 Å². The van der Waals surface area contributed by atoms with Crippen LogP contribution in [0.3, 0.4) is 0 Å². The minimum absolute atomic E-state index is 0.0966. The van der Waals surface area contributed by atoms with Gasteiger partial charge in [-0.25, -0.2) is 24.5 Å². The molecule has 1 aliphatic rings. The summed E-state index contributed by atoms with van der Waals surface area (Å²) in [5.74, 6) is -0.920. The van der Waals surface area contributed by atoms with Crippen LogP contribution in [0.15, 0.2) is 24.3 Å². The Hall–Kier alpha value is -1.95. The lowest BCUT2D eigenvalue weighted by atomic mass is 10.2. The molecule has 0 atom stereocenters. The zero-order chi connectivity index (χ0) is 13.5. The summed E-state index contributed by atoms with van der Waals surface area (Å²) in [4.78, 5) is 24.7. The van der Waals surface area contributed by atoms with Crippen LogP contribution in [0, 0.1) is 5.82 Å². The van der Waals surface area contributed by atoms with Crippen LogP contribution in [0.1, 0.15) is 20.8 Å². The fourth-order valence-corrected chi connectivity index (χ4v) is 2.04. The number of nitrogens with zero attached hydrogens (tertiary/aromatic N) is 2. The van der Waals surface area contributed by atoms with Crippen molar-refractivity contribution >= 4 is 17.6 Å². The van der Waals surface area contributed by atoms with E-state index < -0.39 is 23.4 Å². The molecule has 0 bridgehead atoms. The van der Waals surface area contributed by atoms with Gasteiger partial charge in [0.05, 0.1) is 5.69 Å². The second-order valence-electron chi connectivity index (χ2n) is 4.59. The Morgan fingerprint density at radius 1 is 1.33 bits per heavy atom. The largest absolute Gasteiger partial charge is 0.347 e. The summed E-state index contributed by atoms with van der Waals surface area (Å²) in [6.45, 7) is 4.65. The number of urea groups is 1. The topological polar surface area (TPSA) is 52.7 Å². The van der Waals surface area contributed by atoms with E-state index in [0.717, 1.165) is 9.91 Å². The van der Waals surface area contributed by atoms with Gasteiger partial charge in [0.25, 0.3) is 0 Å². The number of imide groups is 1. The summed E-state index contributed by atoms with van der Waals surface area (Å²) >= 11 is 0. The molecule has 0 saturated carbocycles. The molecule has 1 N–H and O–H groups in total. The number of carbonyl (C=O) groups excluding carboxylic acids is 2. The minimum Gasteiger partial charge on any atom is -0.275 e. The molecule has 1 aliphatic heterocycles. The molecule has 1 heterocycles. The van der Waals surface area contributed by atoms with Crippen LogP contribution in [-0.2, 0) is 4.79 Å². The van der Waals surface area contributed by atoms with Gasteiger partial charge in [0.15, 0.2) is 0 Å². The summed E-state index contributed by atoms with van der Waals surface area (Å²) in [5.41, 5.74) is 2.03. The third-order valence-corrected chi connectivity index (χ3v) is 2.74. The number of nitrogens with one attached hydrogen (secondary N) is 1. The third kappa shape index (κ3) is 1.84. The van der Waals surface area contributed by atoms with E-state index in [4.69, 9.17) is 0 Å². The van der Waals surface area contributed by atoms with Crippen molar-refractivity contribution in [2.45, 2.75) is 26.4 Å². The maximum atomic E-state index is 13.7. The van der Waals surface area contributed by atoms with Gasteiger partial charge in [0, 0.05) is 6.92 Å². The van der Waals surface area contributed by atoms with Crippen LogP contribution in [0.5, 0.6) is 0 Å². The van der Waals surface area contributed by atoms with E-state index in [1.165, 1.54) is 25.1 Å². The summed E-state index contributed by atoms with van der Waals surface area (Å²) in [5, 5.41) is 1.05. The van der Waals surface area contributed by atoms with Crippen molar-refractivity contribution in [1.29, 1.82) is 0 Å². The van der Waals surface area contributed by atoms with Gasteiger partial charge >= 0.3 is 6.03 Å². The highest BCUT2D eigenvalue weighted by molar-refractivity contribution is 6.04. The number of hydrazine groups is 1. The first-order valence-corrected chi connectivity index (χ1v) is 5.52. The average molecular weight is 251 g/mol. The monoisotopic (exact) mass is 251 g/mol. The van der Waals surface area contributed by atoms with E-state index in [-0.39, 0.29) is 5.69 Å². The van der Waals surface area contributed by atoms with Crippen LogP contribution >= 0.6 is 0 Å². The summed E-state index contributed by atoms with van der Waals surface area (Å²) in [7, 11) is 0. The van der Waals surface area contributed by atoms with Crippen LogP contribution < -0.4 is 10.4 Å². The number of hydrogen-bond acceptors (Lipinski definition) is 3. The molecule has 1 aromatic rings. The quantitative estimate of drug-likeness (QED) is 0.828. The fraction of sp³-hybridized carbons (Fsp3) is 0.333. The highest BCUT2D eigenvalue weighted by atomic mass is 19.1. The molecule has 0 spiro atoms. The summed E-state index contributed by atoms with van der Waals surface area (Å²) in [6.07, 6.45) is 0. The number of rotatable bonds is 1. The molecule has 18 heavy (non-hydrogen) atoms. The second kappa shape index (κ2) is 4.06. The van der Waals surface area contributed by atoms with Gasteiger partial charge in [0.1, 0.15) is 11.5 Å². The molecule has 0 unspecified atom stereocenters. The molecule has 2 rings (SSSR count). The number of carbonyl (C=O) groups is 2. The number of amides is 3. The van der Waals surface area contributed by atoms with Gasteiger partial charge in [-0.1, -0.05) is 12.1 Å². The molecule has 1 aromatic carbocycles. The van der Waals surface area contributed by atoms with Gasteiger partial charge in [-0.3, -0.25) is 4.79 Å². The van der Waals surface area contributed by atoms with Crippen molar-refractivity contribution < 1.29 is 14.0 Å². The van der Waals surface area contributed by atoms with Crippen molar-refractivity contribution in [2.75, 3.05) is 5.01 Å². The Morgan fingerprint density at radius 2 is 1.94 bits per heavy atom. The van der Waals surface area contributed by atoms with E-state index in [9.17, 15) is 14.0 Å². The fourth-order valence-electron chi connectivity index (χ4n) is 2.04. The van der Waals surface area contributed by atoms with E-state index in [0.29, 0.717) is 0 Å². The highest BCUT2D eigenvalue weighted by Crippen LogP contribution is 2.27. The first-order chi connectivity index (χ1) is 8.34.